The van der Waals surface area contributed by atoms with Gasteiger partial charge in [-0.1, -0.05) is 24.3 Å². The Balaban J connectivity index is 1.42. The van der Waals surface area contributed by atoms with E-state index in [9.17, 15) is 4.79 Å². The molecule has 0 aliphatic rings. The number of carbonyl (C=O) groups is 1. The van der Waals surface area contributed by atoms with E-state index in [0.717, 1.165) is 22.6 Å². The Morgan fingerprint density at radius 3 is 2.00 bits per heavy atom. The molecular formula is C35H38N8O4. The third-order valence-corrected chi connectivity index (χ3v) is 6.79. The normalized spacial score (nSPS) is 11.0. The molecule has 0 bridgehead atoms. The van der Waals surface area contributed by atoms with E-state index in [-0.39, 0.29) is 0 Å². The molecule has 3 aromatic heterocycles. The first-order chi connectivity index (χ1) is 22.6. The van der Waals surface area contributed by atoms with Crippen molar-refractivity contribution in [3.8, 4) is 22.9 Å². The lowest BCUT2D eigenvalue weighted by atomic mass is 10.1. The van der Waals surface area contributed by atoms with Crippen molar-refractivity contribution in [1.82, 2.24) is 24.9 Å². The first kappa shape index (κ1) is 32.6. The van der Waals surface area contributed by atoms with Gasteiger partial charge in [0.15, 0.2) is 5.82 Å². The zero-order chi connectivity index (χ0) is 33.4. The maximum absolute atomic E-state index is 12.1. The van der Waals surface area contributed by atoms with E-state index in [2.05, 4.69) is 30.5 Å². The standard InChI is InChI=1S/C35H38N8O4/c1-23-38-32(29-8-7-19-36-31(29)40-26-13-18-30(37-20-26)41-34(44)47-35(2,3)4)42-33(39-23)43(21-24-9-14-27(45-5)15-10-24)22-25-11-16-28(46-6)17-12-25/h7-20H,21-22H2,1-6H3,(H,36,40)(H,37,41,44). The van der Waals surface area contributed by atoms with Crippen LogP contribution in [0, 0.1) is 6.92 Å². The fourth-order valence-corrected chi connectivity index (χ4v) is 4.60. The molecule has 0 fully saturated rings. The number of carbonyl (C=O) groups excluding carboxylic acids is 1. The van der Waals surface area contributed by atoms with Crippen molar-refractivity contribution >= 4 is 29.4 Å². The van der Waals surface area contributed by atoms with E-state index < -0.39 is 11.7 Å². The van der Waals surface area contributed by atoms with Crippen molar-refractivity contribution in [2.75, 3.05) is 29.8 Å². The van der Waals surface area contributed by atoms with E-state index in [1.807, 2.05) is 67.6 Å². The molecular weight excluding hydrogens is 596 g/mol. The first-order valence-corrected chi connectivity index (χ1v) is 15.0. The Hall–Kier alpha value is -5.78. The molecule has 1 amide bonds. The second-order valence-corrected chi connectivity index (χ2v) is 11.6. The average molecular weight is 635 g/mol. The number of anilines is 4. The fraction of sp³-hybridized carbons (Fsp3) is 0.257. The number of nitrogens with one attached hydrogen (secondary N) is 2. The van der Waals surface area contributed by atoms with E-state index in [4.69, 9.17) is 24.2 Å². The van der Waals surface area contributed by atoms with Crippen LogP contribution < -0.4 is 25.0 Å². The molecule has 242 valence electrons. The van der Waals surface area contributed by atoms with Gasteiger partial charge in [0, 0.05) is 19.3 Å². The van der Waals surface area contributed by atoms with Crippen LogP contribution in [0.3, 0.4) is 0 Å². The number of hydrogen-bond donors (Lipinski definition) is 2. The summed E-state index contributed by atoms with van der Waals surface area (Å²) < 4.78 is 16.0. The van der Waals surface area contributed by atoms with Gasteiger partial charge in [-0.2, -0.15) is 9.97 Å². The van der Waals surface area contributed by atoms with Crippen LogP contribution in [-0.2, 0) is 17.8 Å². The van der Waals surface area contributed by atoms with Crippen LogP contribution in [0.5, 0.6) is 11.5 Å². The maximum Gasteiger partial charge on any atom is 0.413 e. The summed E-state index contributed by atoms with van der Waals surface area (Å²) in [6.07, 6.45) is 2.71. The number of rotatable bonds is 11. The van der Waals surface area contributed by atoms with Crippen molar-refractivity contribution in [3.05, 3.63) is 102 Å². The summed E-state index contributed by atoms with van der Waals surface area (Å²) in [5.41, 5.74) is 2.87. The molecule has 0 atom stereocenters. The first-order valence-electron chi connectivity index (χ1n) is 15.0. The highest BCUT2D eigenvalue weighted by molar-refractivity contribution is 5.84. The number of amides is 1. The lowest BCUT2D eigenvalue weighted by Crippen LogP contribution is -2.27. The van der Waals surface area contributed by atoms with Crippen LogP contribution in [-0.4, -0.2) is 50.8 Å². The van der Waals surface area contributed by atoms with Gasteiger partial charge in [-0.15, -0.1) is 0 Å². The number of pyridine rings is 2. The van der Waals surface area contributed by atoms with Crippen LogP contribution >= 0.6 is 0 Å². The number of nitrogens with zero attached hydrogens (tertiary/aromatic N) is 6. The van der Waals surface area contributed by atoms with Gasteiger partial charge in [0.1, 0.15) is 34.6 Å². The Labute approximate surface area is 274 Å². The van der Waals surface area contributed by atoms with Crippen molar-refractivity contribution in [2.24, 2.45) is 0 Å². The average Bonchev–Trinajstić information content (AvgIpc) is 3.05. The predicted octanol–water partition coefficient (Wildman–Crippen LogP) is 6.95. The van der Waals surface area contributed by atoms with Gasteiger partial charge in [0.05, 0.1) is 31.7 Å². The maximum atomic E-state index is 12.1. The molecule has 5 aromatic rings. The van der Waals surface area contributed by atoms with Crippen molar-refractivity contribution in [1.29, 1.82) is 0 Å². The van der Waals surface area contributed by atoms with Gasteiger partial charge >= 0.3 is 6.09 Å². The van der Waals surface area contributed by atoms with Crippen molar-refractivity contribution in [2.45, 2.75) is 46.4 Å². The number of hydrogen-bond acceptors (Lipinski definition) is 11. The van der Waals surface area contributed by atoms with Crippen LogP contribution in [0.15, 0.2) is 85.2 Å². The van der Waals surface area contributed by atoms with Gasteiger partial charge in [-0.25, -0.2) is 19.7 Å². The minimum atomic E-state index is -0.614. The minimum absolute atomic E-state index is 0.359. The Bertz CT molecular complexity index is 1740. The van der Waals surface area contributed by atoms with Crippen molar-refractivity contribution < 1.29 is 19.0 Å². The monoisotopic (exact) mass is 634 g/mol. The summed E-state index contributed by atoms with van der Waals surface area (Å²) in [5.74, 6) is 4.02. The minimum Gasteiger partial charge on any atom is -0.497 e. The molecule has 47 heavy (non-hydrogen) atoms. The molecule has 2 N–H and O–H groups in total. The highest BCUT2D eigenvalue weighted by atomic mass is 16.6. The highest BCUT2D eigenvalue weighted by Crippen LogP contribution is 2.28. The molecule has 0 spiro atoms. The fourth-order valence-electron chi connectivity index (χ4n) is 4.60. The third-order valence-electron chi connectivity index (χ3n) is 6.79. The van der Waals surface area contributed by atoms with Crippen LogP contribution in [0.25, 0.3) is 11.4 Å². The van der Waals surface area contributed by atoms with Crippen molar-refractivity contribution in [3.63, 3.8) is 0 Å². The zero-order valence-electron chi connectivity index (χ0n) is 27.3. The molecule has 0 aliphatic carbocycles. The molecule has 3 heterocycles. The molecule has 0 saturated carbocycles. The smallest absolute Gasteiger partial charge is 0.413 e. The van der Waals surface area contributed by atoms with E-state index in [0.29, 0.717) is 53.6 Å². The molecule has 12 heteroatoms. The highest BCUT2D eigenvalue weighted by Gasteiger charge is 2.19. The number of ether oxygens (including phenoxy) is 3. The Morgan fingerprint density at radius 1 is 0.809 bits per heavy atom. The zero-order valence-corrected chi connectivity index (χ0v) is 27.3. The summed E-state index contributed by atoms with van der Waals surface area (Å²) in [6, 6.07) is 23.1. The second-order valence-electron chi connectivity index (χ2n) is 11.6. The number of benzene rings is 2. The number of methoxy groups -OCH3 is 2. The quantitative estimate of drug-likeness (QED) is 0.156. The van der Waals surface area contributed by atoms with Gasteiger partial charge in [-0.3, -0.25) is 5.32 Å². The van der Waals surface area contributed by atoms with E-state index in [1.54, 1.807) is 59.5 Å². The molecule has 0 aliphatic heterocycles. The SMILES string of the molecule is COc1ccc(CN(Cc2ccc(OC)cc2)c2nc(C)nc(-c3cccnc3Nc3ccc(NC(=O)OC(C)(C)C)nc3)n2)cc1. The number of aromatic nitrogens is 5. The molecule has 0 radical (unpaired) electrons. The van der Waals surface area contributed by atoms with Gasteiger partial charge in [0.2, 0.25) is 5.95 Å². The van der Waals surface area contributed by atoms with Crippen LogP contribution in [0.1, 0.15) is 37.7 Å². The molecule has 0 saturated heterocycles. The number of aryl methyl sites for hydroxylation is 1. The summed E-state index contributed by atoms with van der Waals surface area (Å²) in [5, 5.41) is 5.94. The Morgan fingerprint density at radius 2 is 1.45 bits per heavy atom. The molecule has 0 unspecified atom stereocenters. The Kier molecular flexibility index (Phi) is 10.1. The summed E-state index contributed by atoms with van der Waals surface area (Å²) in [4.78, 5) is 37.5. The van der Waals surface area contributed by atoms with Gasteiger partial charge < -0.3 is 24.4 Å². The molecule has 12 nitrogen and oxygen atoms in total. The largest absolute Gasteiger partial charge is 0.497 e. The molecule has 2 aromatic carbocycles. The van der Waals surface area contributed by atoms with E-state index in [1.165, 1.54) is 0 Å². The third kappa shape index (κ3) is 9.13. The van der Waals surface area contributed by atoms with Crippen LogP contribution in [0.4, 0.5) is 28.1 Å². The van der Waals surface area contributed by atoms with Crippen LogP contribution in [0.2, 0.25) is 0 Å². The summed E-state index contributed by atoms with van der Waals surface area (Å²) in [6.45, 7) is 8.34. The topological polar surface area (TPSA) is 137 Å². The molecule has 5 rings (SSSR count). The second kappa shape index (κ2) is 14.5. The van der Waals surface area contributed by atoms with E-state index >= 15 is 0 Å². The van der Waals surface area contributed by atoms with Gasteiger partial charge in [0.25, 0.3) is 0 Å². The lowest BCUT2D eigenvalue weighted by molar-refractivity contribution is 0.0635. The predicted molar refractivity (Wildman–Crippen MR) is 181 cm³/mol. The summed E-state index contributed by atoms with van der Waals surface area (Å²) in [7, 11) is 3.30. The van der Waals surface area contributed by atoms with Gasteiger partial charge in [-0.05, 0) is 87.4 Å². The summed E-state index contributed by atoms with van der Waals surface area (Å²) >= 11 is 0. The lowest BCUT2D eigenvalue weighted by Gasteiger charge is -2.24.